The van der Waals surface area contributed by atoms with Gasteiger partial charge in [-0.1, -0.05) is 0 Å². The zero-order valence-corrected chi connectivity index (χ0v) is 7.71. The van der Waals surface area contributed by atoms with Gasteiger partial charge in [0.15, 0.2) is 0 Å². The number of hydrogen-bond acceptors (Lipinski definition) is 4. The minimum atomic E-state index is -1.48. The van der Waals surface area contributed by atoms with E-state index < -0.39 is 11.5 Å². The largest absolute Gasteiger partial charge is 0.380 e. The molecule has 1 saturated heterocycles. The Morgan fingerprint density at radius 2 is 2.38 bits per heavy atom. The topological polar surface area (TPSA) is 81.6 Å². The average Bonchev–Trinajstić information content (AvgIpc) is 2.18. The Hall–Kier alpha value is -0.650. The van der Waals surface area contributed by atoms with E-state index in [0.717, 1.165) is 19.4 Å². The van der Waals surface area contributed by atoms with Crippen molar-refractivity contribution in [3.8, 4) is 0 Å². The van der Waals surface area contributed by atoms with Crippen LogP contribution in [0.1, 0.15) is 19.8 Å². The van der Waals surface area contributed by atoms with Gasteiger partial charge in [-0.3, -0.25) is 10.0 Å². The summed E-state index contributed by atoms with van der Waals surface area (Å²) in [5.74, 6) is -0.866. The second-order valence-corrected chi connectivity index (χ2v) is 3.63. The third-order valence-corrected chi connectivity index (χ3v) is 2.65. The van der Waals surface area contributed by atoms with Crippen LogP contribution in [0, 0.1) is 5.92 Å². The highest BCUT2D eigenvalue weighted by atomic mass is 16.5. The van der Waals surface area contributed by atoms with Gasteiger partial charge < -0.3 is 10.4 Å². The quantitative estimate of drug-likeness (QED) is 0.339. The predicted octanol–water partition coefficient (Wildman–Crippen LogP) is -0.758. The fourth-order valence-electron chi connectivity index (χ4n) is 1.63. The van der Waals surface area contributed by atoms with Crippen LogP contribution >= 0.6 is 0 Å². The summed E-state index contributed by atoms with van der Waals surface area (Å²) < 4.78 is 0. The Balaban J connectivity index is 2.60. The molecule has 0 aromatic carbocycles. The zero-order chi connectivity index (χ0) is 9.90. The second-order valence-electron chi connectivity index (χ2n) is 3.63. The van der Waals surface area contributed by atoms with Crippen molar-refractivity contribution in [3.05, 3.63) is 0 Å². The smallest absolute Gasteiger partial charge is 0.275 e. The van der Waals surface area contributed by atoms with Gasteiger partial charge in [0.1, 0.15) is 5.60 Å². The Labute approximate surface area is 77.1 Å². The van der Waals surface area contributed by atoms with E-state index in [0.29, 0.717) is 6.54 Å². The van der Waals surface area contributed by atoms with Crippen LogP contribution in [-0.4, -0.2) is 34.9 Å². The number of carbonyl (C=O) groups is 1. The molecular formula is C8H16N2O3. The number of carbonyl (C=O) groups excluding carboxylic acids is 1. The summed E-state index contributed by atoms with van der Waals surface area (Å²) in [5, 5.41) is 21.3. The van der Waals surface area contributed by atoms with Crippen LogP contribution in [0.2, 0.25) is 0 Å². The monoisotopic (exact) mass is 188 g/mol. The molecule has 0 spiro atoms. The van der Waals surface area contributed by atoms with E-state index in [1.807, 2.05) is 0 Å². The van der Waals surface area contributed by atoms with Gasteiger partial charge in [-0.15, -0.1) is 0 Å². The SMILES string of the molecule is CC(O)(C(=O)NO)C1CCCNC1. The molecule has 1 aliphatic rings. The maximum absolute atomic E-state index is 11.1. The molecule has 5 nitrogen and oxygen atoms in total. The Kier molecular flexibility index (Phi) is 3.24. The number of hydroxylamine groups is 1. The van der Waals surface area contributed by atoms with Gasteiger partial charge in [-0.2, -0.15) is 0 Å². The van der Waals surface area contributed by atoms with Crippen molar-refractivity contribution >= 4 is 5.91 Å². The summed E-state index contributed by atoms with van der Waals surface area (Å²) in [6.07, 6.45) is 1.74. The first kappa shape index (κ1) is 10.4. The molecule has 1 heterocycles. The van der Waals surface area contributed by atoms with Crippen molar-refractivity contribution in [1.29, 1.82) is 0 Å². The van der Waals surface area contributed by atoms with E-state index in [-0.39, 0.29) is 5.92 Å². The number of aliphatic hydroxyl groups is 1. The minimum absolute atomic E-state index is 0.131. The molecule has 5 heteroatoms. The molecule has 2 atom stereocenters. The number of piperidine rings is 1. The molecule has 1 fully saturated rings. The van der Waals surface area contributed by atoms with Crippen LogP contribution in [0.3, 0.4) is 0 Å². The molecule has 13 heavy (non-hydrogen) atoms. The van der Waals surface area contributed by atoms with Crippen LogP contribution in [0.25, 0.3) is 0 Å². The van der Waals surface area contributed by atoms with E-state index in [1.165, 1.54) is 12.4 Å². The number of nitrogens with one attached hydrogen (secondary N) is 2. The highest BCUT2D eigenvalue weighted by Crippen LogP contribution is 2.23. The molecule has 1 amide bonds. The highest BCUT2D eigenvalue weighted by molar-refractivity contribution is 5.83. The first-order chi connectivity index (χ1) is 6.09. The molecule has 0 aliphatic carbocycles. The van der Waals surface area contributed by atoms with Crippen LogP contribution in [-0.2, 0) is 4.79 Å². The fraction of sp³-hybridized carbons (Fsp3) is 0.875. The molecule has 4 N–H and O–H groups in total. The van der Waals surface area contributed by atoms with Crippen molar-refractivity contribution in [2.24, 2.45) is 5.92 Å². The molecular weight excluding hydrogens is 172 g/mol. The normalized spacial score (nSPS) is 27.8. The minimum Gasteiger partial charge on any atom is -0.380 e. The Bertz CT molecular complexity index is 188. The van der Waals surface area contributed by atoms with Crippen molar-refractivity contribution in [2.75, 3.05) is 13.1 Å². The lowest BCUT2D eigenvalue weighted by Gasteiger charge is -2.33. The number of amides is 1. The van der Waals surface area contributed by atoms with Crippen LogP contribution in [0.15, 0.2) is 0 Å². The lowest BCUT2D eigenvalue weighted by Crippen LogP contribution is -2.53. The van der Waals surface area contributed by atoms with E-state index in [4.69, 9.17) is 5.21 Å². The van der Waals surface area contributed by atoms with Gasteiger partial charge in [0.25, 0.3) is 5.91 Å². The maximum atomic E-state index is 11.1. The standard InChI is InChI=1S/C8H16N2O3/c1-8(12,7(11)10-13)6-3-2-4-9-5-6/h6,9,12-13H,2-5H2,1H3,(H,10,11). The molecule has 0 aromatic rings. The summed E-state index contributed by atoms with van der Waals surface area (Å²) in [6, 6.07) is 0. The Morgan fingerprint density at radius 1 is 1.69 bits per heavy atom. The van der Waals surface area contributed by atoms with Crippen LogP contribution in [0.4, 0.5) is 0 Å². The van der Waals surface area contributed by atoms with E-state index in [2.05, 4.69) is 5.32 Å². The number of hydrogen-bond donors (Lipinski definition) is 4. The van der Waals surface area contributed by atoms with Gasteiger partial charge >= 0.3 is 0 Å². The lowest BCUT2D eigenvalue weighted by atomic mass is 9.83. The second kappa shape index (κ2) is 4.04. The molecule has 2 unspecified atom stereocenters. The van der Waals surface area contributed by atoms with Crippen molar-refractivity contribution in [2.45, 2.75) is 25.4 Å². The molecule has 0 saturated carbocycles. The maximum Gasteiger partial charge on any atom is 0.275 e. The summed E-state index contributed by atoms with van der Waals surface area (Å²) in [5.41, 5.74) is 0.00187. The summed E-state index contributed by atoms with van der Waals surface area (Å²) in [7, 11) is 0. The van der Waals surface area contributed by atoms with Gasteiger partial charge in [-0.05, 0) is 26.3 Å². The Morgan fingerprint density at radius 3 is 2.85 bits per heavy atom. The summed E-state index contributed by atoms with van der Waals surface area (Å²) in [6.45, 7) is 2.96. The van der Waals surface area contributed by atoms with Gasteiger partial charge in [0, 0.05) is 12.5 Å². The molecule has 1 aliphatic heterocycles. The summed E-state index contributed by atoms with van der Waals surface area (Å²) >= 11 is 0. The van der Waals surface area contributed by atoms with Gasteiger partial charge in [0.05, 0.1) is 0 Å². The molecule has 0 radical (unpaired) electrons. The predicted molar refractivity (Wildman–Crippen MR) is 46.1 cm³/mol. The van der Waals surface area contributed by atoms with Crippen molar-refractivity contribution < 1.29 is 15.1 Å². The van der Waals surface area contributed by atoms with Crippen LogP contribution < -0.4 is 10.8 Å². The third kappa shape index (κ3) is 2.18. The van der Waals surface area contributed by atoms with E-state index >= 15 is 0 Å². The number of rotatable bonds is 2. The molecule has 0 bridgehead atoms. The van der Waals surface area contributed by atoms with Crippen molar-refractivity contribution in [1.82, 2.24) is 10.8 Å². The van der Waals surface area contributed by atoms with E-state index in [1.54, 1.807) is 0 Å². The fourth-order valence-corrected chi connectivity index (χ4v) is 1.63. The van der Waals surface area contributed by atoms with E-state index in [9.17, 15) is 9.90 Å². The highest BCUT2D eigenvalue weighted by Gasteiger charge is 2.39. The van der Waals surface area contributed by atoms with Gasteiger partial charge in [0.2, 0.25) is 0 Å². The van der Waals surface area contributed by atoms with Gasteiger partial charge in [-0.25, -0.2) is 5.48 Å². The first-order valence-corrected chi connectivity index (χ1v) is 4.46. The summed E-state index contributed by atoms with van der Waals surface area (Å²) in [4.78, 5) is 11.1. The lowest BCUT2D eigenvalue weighted by molar-refractivity contribution is -0.153. The zero-order valence-electron chi connectivity index (χ0n) is 7.71. The molecule has 76 valence electrons. The van der Waals surface area contributed by atoms with Crippen LogP contribution in [0.5, 0.6) is 0 Å². The third-order valence-electron chi connectivity index (χ3n) is 2.65. The molecule has 0 aromatic heterocycles. The average molecular weight is 188 g/mol. The molecule has 1 rings (SSSR count). The van der Waals surface area contributed by atoms with Crippen molar-refractivity contribution in [3.63, 3.8) is 0 Å². The first-order valence-electron chi connectivity index (χ1n) is 4.46.